The SMILES string of the molecule is CC(C)CC(O)CO.O=S(O)O. The smallest absolute Gasteiger partial charge is 0.299 e. The summed E-state index contributed by atoms with van der Waals surface area (Å²) in [5.74, 6) is 0.470. The lowest BCUT2D eigenvalue weighted by atomic mass is 10.1. The highest BCUT2D eigenvalue weighted by molar-refractivity contribution is 7.73. The van der Waals surface area contributed by atoms with Crippen LogP contribution in [0.15, 0.2) is 0 Å². The average Bonchev–Trinajstić information content (AvgIpc) is 1.84. The molecule has 5 nitrogen and oxygen atoms in total. The molecule has 12 heavy (non-hydrogen) atoms. The molecule has 0 aliphatic heterocycles. The van der Waals surface area contributed by atoms with Gasteiger partial charge in [0.25, 0.3) is 11.4 Å². The Morgan fingerprint density at radius 2 is 1.67 bits per heavy atom. The predicted octanol–water partition coefficient (Wildman–Crippen LogP) is 0.0668. The van der Waals surface area contributed by atoms with Gasteiger partial charge in [-0.2, -0.15) is 4.21 Å². The minimum absolute atomic E-state index is 0.113. The zero-order chi connectivity index (χ0) is 10.1. The molecule has 0 spiro atoms. The van der Waals surface area contributed by atoms with Gasteiger partial charge in [-0.3, -0.25) is 9.11 Å². The van der Waals surface area contributed by atoms with E-state index in [0.29, 0.717) is 12.3 Å². The summed E-state index contributed by atoms with van der Waals surface area (Å²) in [6, 6.07) is 0. The Morgan fingerprint density at radius 1 is 1.33 bits per heavy atom. The summed E-state index contributed by atoms with van der Waals surface area (Å²) in [7, 11) is 0. The fraction of sp³-hybridized carbons (Fsp3) is 1.00. The Balaban J connectivity index is 0. The van der Waals surface area contributed by atoms with Crippen LogP contribution in [0.3, 0.4) is 0 Å². The Hall–Kier alpha value is -0.0100. The first-order chi connectivity index (χ1) is 5.40. The Bertz CT molecular complexity index is 113. The van der Waals surface area contributed by atoms with Crippen LogP contribution in [0.4, 0.5) is 0 Å². The fourth-order valence-corrected chi connectivity index (χ4v) is 0.619. The van der Waals surface area contributed by atoms with Crippen molar-refractivity contribution >= 4 is 11.4 Å². The fourth-order valence-electron chi connectivity index (χ4n) is 0.619. The van der Waals surface area contributed by atoms with Crippen molar-refractivity contribution in [2.75, 3.05) is 6.61 Å². The van der Waals surface area contributed by atoms with Crippen LogP contribution in [-0.2, 0) is 11.4 Å². The summed E-state index contributed by atoms with van der Waals surface area (Å²) in [6.07, 6.45) is 0.172. The molecule has 0 amide bonds. The molecule has 0 rings (SSSR count). The number of aliphatic hydroxyl groups is 2. The van der Waals surface area contributed by atoms with Crippen molar-refractivity contribution in [3.63, 3.8) is 0 Å². The number of rotatable bonds is 3. The third-order valence-electron chi connectivity index (χ3n) is 0.954. The van der Waals surface area contributed by atoms with Crippen molar-refractivity contribution in [3.05, 3.63) is 0 Å². The average molecular weight is 200 g/mol. The Morgan fingerprint density at radius 3 is 1.75 bits per heavy atom. The number of hydrogen-bond acceptors (Lipinski definition) is 3. The maximum absolute atomic E-state index is 8.78. The van der Waals surface area contributed by atoms with Crippen LogP contribution in [0.2, 0.25) is 0 Å². The van der Waals surface area contributed by atoms with E-state index in [-0.39, 0.29) is 6.61 Å². The van der Waals surface area contributed by atoms with Gasteiger partial charge in [-0.25, -0.2) is 0 Å². The molecule has 76 valence electrons. The van der Waals surface area contributed by atoms with Crippen molar-refractivity contribution in [1.29, 1.82) is 0 Å². The van der Waals surface area contributed by atoms with Crippen molar-refractivity contribution in [2.24, 2.45) is 5.92 Å². The van der Waals surface area contributed by atoms with Crippen LogP contribution in [-0.4, -0.2) is 36.2 Å². The van der Waals surface area contributed by atoms with Gasteiger partial charge in [-0.15, -0.1) is 0 Å². The normalized spacial score (nSPS) is 12.7. The first-order valence-electron chi connectivity index (χ1n) is 3.49. The summed E-state index contributed by atoms with van der Waals surface area (Å²) in [4.78, 5) is 0. The van der Waals surface area contributed by atoms with E-state index in [2.05, 4.69) is 0 Å². The van der Waals surface area contributed by atoms with Crippen molar-refractivity contribution in [1.82, 2.24) is 0 Å². The Kier molecular flexibility index (Phi) is 11.0. The van der Waals surface area contributed by atoms with E-state index in [1.165, 1.54) is 0 Å². The highest BCUT2D eigenvalue weighted by Crippen LogP contribution is 2.02. The Labute approximate surface area is 74.5 Å². The second-order valence-electron chi connectivity index (χ2n) is 2.70. The molecule has 0 saturated heterocycles. The summed E-state index contributed by atoms with van der Waals surface area (Å²) >= 11 is -2.61. The van der Waals surface area contributed by atoms with Crippen LogP contribution in [0.5, 0.6) is 0 Å². The molecule has 0 saturated carbocycles. The van der Waals surface area contributed by atoms with Crippen LogP contribution in [0.1, 0.15) is 20.3 Å². The zero-order valence-electron chi connectivity index (χ0n) is 7.17. The molecule has 0 aromatic rings. The van der Waals surface area contributed by atoms with Crippen molar-refractivity contribution in [2.45, 2.75) is 26.4 Å². The van der Waals surface area contributed by atoms with Crippen LogP contribution < -0.4 is 0 Å². The van der Waals surface area contributed by atoms with Crippen LogP contribution in [0.25, 0.3) is 0 Å². The quantitative estimate of drug-likeness (QED) is 0.483. The molecule has 1 unspecified atom stereocenters. The molecular formula is C6H16O5S. The molecule has 6 heteroatoms. The van der Waals surface area contributed by atoms with Gasteiger partial charge in [0.15, 0.2) is 0 Å². The maximum Gasteiger partial charge on any atom is 0.299 e. The topological polar surface area (TPSA) is 98.0 Å². The highest BCUT2D eigenvalue weighted by atomic mass is 32.2. The van der Waals surface area contributed by atoms with Crippen LogP contribution >= 0.6 is 0 Å². The zero-order valence-corrected chi connectivity index (χ0v) is 7.99. The molecule has 0 aliphatic carbocycles. The molecule has 0 aliphatic rings. The second kappa shape index (κ2) is 9.08. The first-order valence-corrected chi connectivity index (χ1v) is 4.55. The highest BCUT2D eigenvalue weighted by Gasteiger charge is 2.02. The summed E-state index contributed by atoms with van der Waals surface area (Å²) < 4.78 is 22.8. The lowest BCUT2D eigenvalue weighted by Gasteiger charge is -2.08. The first kappa shape index (κ1) is 14.5. The van der Waals surface area contributed by atoms with Gasteiger partial charge in [0.05, 0.1) is 12.7 Å². The number of hydrogen-bond donors (Lipinski definition) is 4. The van der Waals surface area contributed by atoms with Gasteiger partial charge in [-0.1, -0.05) is 13.8 Å². The largest absolute Gasteiger partial charge is 0.394 e. The van der Waals surface area contributed by atoms with E-state index in [9.17, 15) is 0 Å². The van der Waals surface area contributed by atoms with E-state index in [1.54, 1.807) is 0 Å². The van der Waals surface area contributed by atoms with E-state index in [4.69, 9.17) is 23.5 Å². The van der Waals surface area contributed by atoms with Gasteiger partial charge in [0.2, 0.25) is 0 Å². The van der Waals surface area contributed by atoms with Crippen LogP contribution in [0, 0.1) is 5.92 Å². The van der Waals surface area contributed by atoms with Crippen molar-refractivity contribution in [3.8, 4) is 0 Å². The standard InChI is InChI=1S/C6H14O2.H2O3S/c1-5(2)3-6(8)4-7;1-4(2)3/h5-8H,3-4H2,1-2H3;(H2,1,2,3). The summed E-state index contributed by atoms with van der Waals surface area (Å²) in [5, 5.41) is 17.1. The minimum Gasteiger partial charge on any atom is -0.394 e. The molecule has 0 bridgehead atoms. The summed E-state index contributed by atoms with van der Waals surface area (Å²) in [6.45, 7) is 3.91. The minimum atomic E-state index is -2.61. The molecule has 4 N–H and O–H groups in total. The molecule has 0 aromatic heterocycles. The lowest BCUT2D eigenvalue weighted by Crippen LogP contribution is -2.14. The maximum atomic E-state index is 8.78. The van der Waals surface area contributed by atoms with Gasteiger partial charge >= 0.3 is 0 Å². The molecule has 0 fully saturated rings. The third-order valence-corrected chi connectivity index (χ3v) is 0.954. The lowest BCUT2D eigenvalue weighted by molar-refractivity contribution is 0.0782. The third kappa shape index (κ3) is 22.5. The van der Waals surface area contributed by atoms with Gasteiger partial charge in [0.1, 0.15) is 0 Å². The van der Waals surface area contributed by atoms with E-state index in [1.807, 2.05) is 13.8 Å². The van der Waals surface area contributed by atoms with Gasteiger partial charge in [0, 0.05) is 0 Å². The number of aliphatic hydroxyl groups excluding tert-OH is 2. The molecule has 1 atom stereocenters. The van der Waals surface area contributed by atoms with E-state index < -0.39 is 17.5 Å². The van der Waals surface area contributed by atoms with Crippen molar-refractivity contribution < 1.29 is 23.5 Å². The molecular weight excluding hydrogens is 184 g/mol. The second-order valence-corrected chi connectivity index (χ2v) is 3.16. The predicted molar refractivity (Wildman–Crippen MR) is 45.9 cm³/mol. The molecule has 0 radical (unpaired) electrons. The van der Waals surface area contributed by atoms with Gasteiger partial charge in [-0.05, 0) is 12.3 Å². The molecule has 0 heterocycles. The van der Waals surface area contributed by atoms with E-state index >= 15 is 0 Å². The van der Waals surface area contributed by atoms with Gasteiger partial charge < -0.3 is 10.2 Å². The molecule has 0 aromatic carbocycles. The monoisotopic (exact) mass is 200 g/mol. The summed E-state index contributed by atoms with van der Waals surface area (Å²) in [5.41, 5.74) is 0. The van der Waals surface area contributed by atoms with E-state index in [0.717, 1.165) is 0 Å².